The van der Waals surface area contributed by atoms with Crippen molar-refractivity contribution in [3.05, 3.63) is 12.7 Å². The third-order valence-electron chi connectivity index (χ3n) is 11.5. The average Bonchev–Trinajstić information content (AvgIpc) is 3.35. The summed E-state index contributed by atoms with van der Waals surface area (Å²) in [5.41, 5.74) is -0.220. The lowest BCUT2D eigenvalue weighted by molar-refractivity contribution is -0.144. The van der Waals surface area contributed by atoms with Crippen LogP contribution in [0.15, 0.2) is 12.7 Å². The van der Waals surface area contributed by atoms with Crippen LogP contribution in [0, 0.1) is 40.9 Å². The molecule has 1 amide bonds. The van der Waals surface area contributed by atoms with Crippen LogP contribution in [-0.4, -0.2) is 60.7 Å². The van der Waals surface area contributed by atoms with Crippen molar-refractivity contribution in [2.75, 3.05) is 20.3 Å². The van der Waals surface area contributed by atoms with Gasteiger partial charge in [-0.3, -0.25) is 9.59 Å². The van der Waals surface area contributed by atoms with Gasteiger partial charge in [0.15, 0.2) is 0 Å². The van der Waals surface area contributed by atoms with Crippen molar-refractivity contribution in [1.29, 1.82) is 0 Å². The quantitative estimate of drug-likeness (QED) is 0.106. The van der Waals surface area contributed by atoms with Gasteiger partial charge in [0.1, 0.15) is 0 Å². The van der Waals surface area contributed by atoms with E-state index >= 15 is 0 Å². The topological polar surface area (TPSA) is 105 Å². The molecule has 0 radical (unpaired) electrons. The Kier molecular flexibility index (Phi) is 14.3. The van der Waals surface area contributed by atoms with Crippen LogP contribution in [0.5, 0.6) is 0 Å². The summed E-state index contributed by atoms with van der Waals surface area (Å²) in [7, 11) is 1.45. The van der Waals surface area contributed by atoms with Crippen molar-refractivity contribution in [3.63, 3.8) is 0 Å². The molecule has 0 aromatic rings. The number of carbonyl (C=O) groups excluding carboxylic acids is 2. The van der Waals surface area contributed by atoms with Gasteiger partial charge in [0, 0.05) is 19.6 Å². The number of esters is 1. The zero-order chi connectivity index (χ0) is 30.7. The minimum Gasteiger partial charge on any atom is -0.469 e. The highest BCUT2D eigenvalue weighted by atomic mass is 16.5. The van der Waals surface area contributed by atoms with Crippen molar-refractivity contribution in [2.24, 2.45) is 40.9 Å². The Morgan fingerprint density at radius 3 is 2.60 bits per heavy atom. The SMILES string of the molecule is C=CC(=O)NCCCCCCOC1CCCC(CC(O)C2C(CC)CC(O)C3(C)C(C(C)CCC(=O)OC)CCC23)C1. The van der Waals surface area contributed by atoms with E-state index in [-0.39, 0.29) is 41.5 Å². The first-order chi connectivity index (χ1) is 20.1. The molecule has 10 unspecified atom stereocenters. The van der Waals surface area contributed by atoms with Gasteiger partial charge in [0.05, 0.1) is 25.4 Å². The Hall–Kier alpha value is -1.44. The van der Waals surface area contributed by atoms with Crippen LogP contribution in [0.25, 0.3) is 0 Å². The maximum Gasteiger partial charge on any atom is 0.305 e. The fourth-order valence-electron chi connectivity index (χ4n) is 9.17. The van der Waals surface area contributed by atoms with Gasteiger partial charge >= 0.3 is 5.97 Å². The summed E-state index contributed by atoms with van der Waals surface area (Å²) >= 11 is 0. The highest BCUT2D eigenvalue weighted by molar-refractivity contribution is 5.86. The van der Waals surface area contributed by atoms with E-state index in [1.165, 1.54) is 13.2 Å². The van der Waals surface area contributed by atoms with E-state index in [9.17, 15) is 19.8 Å². The fourth-order valence-corrected chi connectivity index (χ4v) is 9.17. The summed E-state index contributed by atoms with van der Waals surface area (Å²) in [5.74, 6) is 1.78. The van der Waals surface area contributed by atoms with E-state index in [0.29, 0.717) is 42.6 Å². The number of methoxy groups -OCH3 is 1. The third-order valence-corrected chi connectivity index (χ3v) is 11.5. The number of hydrogen-bond acceptors (Lipinski definition) is 6. The molecule has 3 N–H and O–H groups in total. The second-order valence-corrected chi connectivity index (χ2v) is 14.0. The van der Waals surface area contributed by atoms with Crippen molar-refractivity contribution in [1.82, 2.24) is 5.32 Å². The molecule has 7 heteroatoms. The van der Waals surface area contributed by atoms with Crippen LogP contribution in [0.4, 0.5) is 0 Å². The largest absolute Gasteiger partial charge is 0.469 e. The molecule has 7 nitrogen and oxygen atoms in total. The Morgan fingerprint density at radius 1 is 1.12 bits per heavy atom. The van der Waals surface area contributed by atoms with Crippen LogP contribution in [-0.2, 0) is 19.1 Å². The molecular weight excluding hydrogens is 530 g/mol. The number of amides is 1. The molecule has 3 aliphatic carbocycles. The molecule has 42 heavy (non-hydrogen) atoms. The van der Waals surface area contributed by atoms with Gasteiger partial charge in [0.25, 0.3) is 0 Å². The molecule has 0 aliphatic heterocycles. The third kappa shape index (κ3) is 9.04. The molecule has 3 aliphatic rings. The number of rotatable bonds is 17. The predicted octanol–water partition coefficient (Wildman–Crippen LogP) is 6.20. The highest BCUT2D eigenvalue weighted by Gasteiger charge is 2.60. The van der Waals surface area contributed by atoms with Crippen LogP contribution >= 0.6 is 0 Å². The smallest absolute Gasteiger partial charge is 0.305 e. The standard InChI is InChI=1S/C35H61NO6/c1-6-26-23-31(38)35(4)28(24(3)15-18-33(40)41-5)16-17-29(35)34(26)30(37)22-25-13-12-14-27(21-25)42-20-11-9-8-10-19-36-32(39)7-2/h7,24-31,34,37-38H,2,6,8-23H2,1,3-5H3,(H,36,39). The molecule has 3 rings (SSSR count). The van der Waals surface area contributed by atoms with Crippen molar-refractivity contribution in [3.8, 4) is 0 Å². The van der Waals surface area contributed by atoms with E-state index in [1.807, 2.05) is 0 Å². The molecule has 0 aromatic heterocycles. The maximum atomic E-state index is 11.8. The Morgan fingerprint density at radius 2 is 1.88 bits per heavy atom. The molecule has 0 bridgehead atoms. The van der Waals surface area contributed by atoms with Crippen molar-refractivity contribution in [2.45, 2.75) is 135 Å². The molecule has 0 heterocycles. The van der Waals surface area contributed by atoms with Crippen LogP contribution in [0.1, 0.15) is 117 Å². The van der Waals surface area contributed by atoms with Gasteiger partial charge in [-0.1, -0.05) is 59.5 Å². The lowest BCUT2D eigenvalue weighted by Gasteiger charge is -2.54. The Balaban J connectivity index is 1.50. The van der Waals surface area contributed by atoms with Crippen molar-refractivity contribution >= 4 is 11.9 Å². The monoisotopic (exact) mass is 591 g/mol. The molecule has 3 fully saturated rings. The van der Waals surface area contributed by atoms with Gasteiger partial charge in [-0.15, -0.1) is 0 Å². The summed E-state index contributed by atoms with van der Waals surface area (Å²) in [6.45, 7) is 11.7. The van der Waals surface area contributed by atoms with Gasteiger partial charge in [-0.25, -0.2) is 0 Å². The highest BCUT2D eigenvalue weighted by Crippen LogP contribution is 2.62. The maximum absolute atomic E-state index is 11.8. The van der Waals surface area contributed by atoms with Crippen molar-refractivity contribution < 1.29 is 29.3 Å². The lowest BCUT2D eigenvalue weighted by atomic mass is 9.53. The molecule has 3 saturated carbocycles. The first kappa shape index (κ1) is 35.0. The molecule has 242 valence electrons. The minimum atomic E-state index is -0.359. The van der Waals surface area contributed by atoms with Gasteiger partial charge in [0.2, 0.25) is 5.91 Å². The minimum absolute atomic E-state index is 0.106. The number of carbonyl (C=O) groups is 2. The van der Waals surface area contributed by atoms with Crippen LogP contribution in [0.3, 0.4) is 0 Å². The van der Waals surface area contributed by atoms with Gasteiger partial charge in [-0.2, -0.15) is 0 Å². The first-order valence-corrected chi connectivity index (χ1v) is 17.1. The normalized spacial score (nSPS) is 34.3. The molecule has 0 aromatic carbocycles. The first-order valence-electron chi connectivity index (χ1n) is 17.1. The van der Waals surface area contributed by atoms with Crippen LogP contribution in [0.2, 0.25) is 0 Å². The van der Waals surface area contributed by atoms with Gasteiger partial charge < -0.3 is 25.0 Å². The number of unbranched alkanes of at least 4 members (excludes halogenated alkanes) is 3. The molecule has 10 atom stereocenters. The molecule has 0 saturated heterocycles. The molecular formula is C35H61NO6. The number of hydrogen-bond donors (Lipinski definition) is 3. The summed E-state index contributed by atoms with van der Waals surface area (Å²) < 4.78 is 11.2. The second-order valence-electron chi connectivity index (χ2n) is 14.0. The number of nitrogens with one attached hydrogen (secondary N) is 1. The van der Waals surface area contributed by atoms with E-state index in [2.05, 4.69) is 32.7 Å². The van der Waals surface area contributed by atoms with E-state index < -0.39 is 0 Å². The summed E-state index contributed by atoms with van der Waals surface area (Å²) in [6, 6.07) is 0. The number of aliphatic hydroxyl groups is 2. The fraction of sp³-hybridized carbons (Fsp3) is 0.886. The number of ether oxygens (including phenoxy) is 2. The predicted molar refractivity (Wildman–Crippen MR) is 167 cm³/mol. The van der Waals surface area contributed by atoms with Crippen LogP contribution < -0.4 is 5.32 Å². The summed E-state index contributed by atoms with van der Waals surface area (Å²) in [6.07, 6.45) is 15.5. The second kappa shape index (κ2) is 17.2. The summed E-state index contributed by atoms with van der Waals surface area (Å²) in [5, 5.41) is 26.2. The zero-order valence-corrected chi connectivity index (χ0v) is 27.0. The number of aliphatic hydroxyl groups excluding tert-OH is 2. The Labute approximate surface area is 255 Å². The Bertz CT molecular complexity index is 849. The molecule has 0 spiro atoms. The van der Waals surface area contributed by atoms with Gasteiger partial charge in [-0.05, 0) is 105 Å². The zero-order valence-electron chi connectivity index (χ0n) is 27.0. The summed E-state index contributed by atoms with van der Waals surface area (Å²) in [4.78, 5) is 23.0. The number of fused-ring (bicyclic) bond motifs is 1. The average molecular weight is 592 g/mol. The lowest BCUT2D eigenvalue weighted by Crippen LogP contribution is -2.54. The van der Waals surface area contributed by atoms with E-state index in [4.69, 9.17) is 9.47 Å². The van der Waals surface area contributed by atoms with E-state index in [0.717, 1.165) is 96.5 Å². The van der Waals surface area contributed by atoms with E-state index in [1.54, 1.807) is 0 Å².